The smallest absolute Gasteiger partial charge is 0.407 e. The largest absolute Gasteiger partial charge is 0.481 e. The Morgan fingerprint density at radius 1 is 1.00 bits per heavy atom. The van der Waals surface area contributed by atoms with E-state index in [2.05, 4.69) is 39.8 Å². The normalized spacial score (nSPS) is 15.8. The van der Waals surface area contributed by atoms with Gasteiger partial charge in [-0.15, -0.1) is 11.8 Å². The number of nitrogens with one attached hydrogen (secondary N) is 2. The number of benzene rings is 2. The molecule has 186 valence electrons. The van der Waals surface area contributed by atoms with Gasteiger partial charge >= 0.3 is 12.1 Å². The van der Waals surface area contributed by atoms with Crippen molar-refractivity contribution in [1.29, 1.82) is 0 Å². The molecule has 35 heavy (non-hydrogen) atoms. The predicted molar refractivity (Wildman–Crippen MR) is 136 cm³/mol. The fourth-order valence-electron chi connectivity index (χ4n) is 4.72. The van der Waals surface area contributed by atoms with E-state index in [9.17, 15) is 14.4 Å². The van der Waals surface area contributed by atoms with Gasteiger partial charge in [-0.2, -0.15) is 0 Å². The van der Waals surface area contributed by atoms with Crippen LogP contribution in [0.4, 0.5) is 4.79 Å². The number of carboxylic acids is 1. The van der Waals surface area contributed by atoms with E-state index in [1.54, 1.807) is 0 Å². The number of ether oxygens (including phenoxy) is 1. The molecule has 0 radical (unpaired) electrons. The third kappa shape index (κ3) is 6.76. The first-order chi connectivity index (χ1) is 17.0. The summed E-state index contributed by atoms with van der Waals surface area (Å²) in [5.41, 5.74) is 4.78. The molecule has 0 bridgehead atoms. The number of fused-ring (bicyclic) bond motifs is 3. The highest BCUT2D eigenvalue weighted by Crippen LogP contribution is 2.44. The number of piperidine rings is 1. The summed E-state index contributed by atoms with van der Waals surface area (Å²) in [5, 5.41) is 14.4. The number of aliphatic carboxylic acids is 1. The van der Waals surface area contributed by atoms with Gasteiger partial charge in [-0.3, -0.25) is 14.5 Å². The Kier molecular flexibility index (Phi) is 8.65. The minimum absolute atomic E-state index is 0.0254. The SMILES string of the molecule is O=C(O)CSCCNC(=O)CN1CCC(NC(=O)OCC2c3ccccc3-c3ccccc32)CC1. The predicted octanol–water partition coefficient (Wildman–Crippen LogP) is 2.92. The summed E-state index contributed by atoms with van der Waals surface area (Å²) in [5.74, 6) is -0.264. The van der Waals surface area contributed by atoms with Crippen molar-refractivity contribution < 1.29 is 24.2 Å². The maximum Gasteiger partial charge on any atom is 0.407 e. The Bertz CT molecular complexity index is 1010. The highest BCUT2D eigenvalue weighted by atomic mass is 32.2. The van der Waals surface area contributed by atoms with Gasteiger partial charge in [0.1, 0.15) is 6.61 Å². The zero-order valence-corrected chi connectivity index (χ0v) is 20.4. The second-order valence-electron chi connectivity index (χ2n) is 8.82. The molecule has 0 spiro atoms. The number of amides is 2. The van der Waals surface area contributed by atoms with Gasteiger partial charge in [-0.1, -0.05) is 48.5 Å². The first kappa shape index (κ1) is 25.1. The van der Waals surface area contributed by atoms with Gasteiger partial charge in [-0.25, -0.2) is 4.79 Å². The molecule has 2 amide bonds. The van der Waals surface area contributed by atoms with Gasteiger partial charge in [0.25, 0.3) is 0 Å². The molecule has 1 saturated heterocycles. The summed E-state index contributed by atoms with van der Waals surface area (Å²) >= 11 is 1.28. The first-order valence-electron chi connectivity index (χ1n) is 11.9. The van der Waals surface area contributed by atoms with E-state index in [-0.39, 0.29) is 23.6 Å². The molecule has 3 N–H and O–H groups in total. The van der Waals surface area contributed by atoms with Crippen LogP contribution in [0.2, 0.25) is 0 Å². The number of likely N-dealkylation sites (tertiary alicyclic amines) is 1. The van der Waals surface area contributed by atoms with Crippen LogP contribution in [0.15, 0.2) is 48.5 Å². The number of alkyl carbamates (subject to hydrolysis) is 1. The van der Waals surface area contributed by atoms with Crippen LogP contribution in [0.1, 0.15) is 29.9 Å². The van der Waals surface area contributed by atoms with Crippen molar-refractivity contribution in [1.82, 2.24) is 15.5 Å². The Morgan fingerprint density at radius 3 is 2.26 bits per heavy atom. The number of thioether (sulfide) groups is 1. The summed E-state index contributed by atoms with van der Waals surface area (Å²) < 4.78 is 5.65. The molecule has 1 aliphatic carbocycles. The number of carbonyl (C=O) groups excluding carboxylic acids is 2. The lowest BCUT2D eigenvalue weighted by atomic mass is 9.98. The zero-order chi connectivity index (χ0) is 24.6. The minimum Gasteiger partial charge on any atom is -0.481 e. The molecule has 2 aromatic carbocycles. The van der Waals surface area contributed by atoms with Gasteiger partial charge < -0.3 is 20.5 Å². The summed E-state index contributed by atoms with van der Waals surface area (Å²) in [6.45, 7) is 2.49. The van der Waals surface area contributed by atoms with Crippen LogP contribution < -0.4 is 10.6 Å². The molecule has 9 heteroatoms. The Hall–Kier alpha value is -3.04. The van der Waals surface area contributed by atoms with Gasteiger partial charge in [0.05, 0.1) is 12.3 Å². The maximum atomic E-state index is 12.5. The molecule has 1 heterocycles. The Morgan fingerprint density at radius 2 is 1.63 bits per heavy atom. The highest BCUT2D eigenvalue weighted by molar-refractivity contribution is 7.99. The minimum atomic E-state index is -0.851. The number of nitrogens with zero attached hydrogens (tertiary/aromatic N) is 1. The van der Waals surface area contributed by atoms with Gasteiger partial charge in [-0.05, 0) is 35.1 Å². The number of rotatable bonds is 10. The summed E-state index contributed by atoms with van der Waals surface area (Å²) in [7, 11) is 0. The van der Waals surface area contributed by atoms with Crippen molar-refractivity contribution in [3.63, 3.8) is 0 Å². The van der Waals surface area contributed by atoms with Crippen molar-refractivity contribution in [2.45, 2.75) is 24.8 Å². The summed E-state index contributed by atoms with van der Waals surface area (Å²) in [6.07, 6.45) is 1.11. The van der Waals surface area contributed by atoms with Crippen LogP contribution >= 0.6 is 11.8 Å². The van der Waals surface area contributed by atoms with Crippen LogP contribution in [0.25, 0.3) is 11.1 Å². The average Bonchev–Trinajstić information content (AvgIpc) is 3.17. The number of carboxylic acid groups (broad SMARTS) is 1. The lowest BCUT2D eigenvalue weighted by Crippen LogP contribution is -2.47. The zero-order valence-electron chi connectivity index (χ0n) is 19.6. The molecule has 1 aliphatic heterocycles. The molecule has 1 fully saturated rings. The summed E-state index contributed by atoms with van der Waals surface area (Å²) in [6, 6.07) is 16.5. The number of carbonyl (C=O) groups is 3. The molecule has 0 aromatic heterocycles. The van der Waals surface area contributed by atoms with Crippen LogP contribution in [-0.4, -0.2) is 78.3 Å². The first-order valence-corrected chi connectivity index (χ1v) is 13.1. The molecule has 2 aliphatic rings. The monoisotopic (exact) mass is 497 g/mol. The van der Waals surface area contributed by atoms with E-state index in [0.717, 1.165) is 25.9 Å². The Balaban J connectivity index is 1.16. The molecule has 4 rings (SSSR count). The maximum absolute atomic E-state index is 12.5. The van der Waals surface area contributed by atoms with Crippen molar-refractivity contribution in [2.24, 2.45) is 0 Å². The van der Waals surface area contributed by atoms with E-state index >= 15 is 0 Å². The van der Waals surface area contributed by atoms with Crippen LogP contribution in [0, 0.1) is 0 Å². The standard InChI is InChI=1S/C26H31N3O5S/c30-24(27-11-14-35-17-25(31)32)15-29-12-9-18(10-13-29)28-26(33)34-16-23-21-7-3-1-5-19(21)20-6-2-4-8-22(20)23/h1-8,18,23H,9-17H2,(H,27,30)(H,28,33)(H,31,32). The number of hydrogen-bond acceptors (Lipinski definition) is 6. The molecule has 0 atom stereocenters. The third-order valence-electron chi connectivity index (χ3n) is 6.41. The van der Waals surface area contributed by atoms with E-state index in [1.165, 1.54) is 34.0 Å². The molecular weight excluding hydrogens is 466 g/mol. The van der Waals surface area contributed by atoms with E-state index < -0.39 is 12.1 Å². The average molecular weight is 498 g/mol. The molecule has 0 unspecified atom stereocenters. The Labute approximate surface area is 209 Å². The van der Waals surface area contributed by atoms with Crippen molar-refractivity contribution >= 4 is 29.7 Å². The topological polar surface area (TPSA) is 108 Å². The highest BCUT2D eigenvalue weighted by Gasteiger charge is 2.29. The molecular formula is C26H31N3O5S. The van der Waals surface area contributed by atoms with E-state index in [0.29, 0.717) is 25.4 Å². The van der Waals surface area contributed by atoms with Gasteiger partial charge in [0, 0.05) is 37.3 Å². The molecule has 8 nitrogen and oxygen atoms in total. The second kappa shape index (κ2) is 12.1. The van der Waals surface area contributed by atoms with E-state index in [1.807, 2.05) is 24.3 Å². The third-order valence-corrected chi connectivity index (χ3v) is 7.36. The quantitative estimate of drug-likeness (QED) is 0.433. The molecule has 0 saturated carbocycles. The van der Waals surface area contributed by atoms with E-state index in [4.69, 9.17) is 9.84 Å². The number of hydrogen-bond donors (Lipinski definition) is 3. The van der Waals surface area contributed by atoms with Crippen molar-refractivity contribution in [3.05, 3.63) is 59.7 Å². The van der Waals surface area contributed by atoms with Crippen LogP contribution in [0.3, 0.4) is 0 Å². The van der Waals surface area contributed by atoms with Crippen LogP contribution in [0.5, 0.6) is 0 Å². The van der Waals surface area contributed by atoms with Crippen molar-refractivity contribution in [2.75, 3.05) is 44.3 Å². The van der Waals surface area contributed by atoms with Crippen molar-refractivity contribution in [3.8, 4) is 11.1 Å². The fourth-order valence-corrected chi connectivity index (χ4v) is 5.29. The lowest BCUT2D eigenvalue weighted by Gasteiger charge is -2.31. The lowest BCUT2D eigenvalue weighted by molar-refractivity contribution is -0.133. The fraction of sp³-hybridized carbons (Fsp3) is 0.423. The molecule has 2 aromatic rings. The van der Waals surface area contributed by atoms with Gasteiger partial charge in [0.15, 0.2) is 0 Å². The van der Waals surface area contributed by atoms with Crippen LogP contribution in [-0.2, 0) is 14.3 Å². The summed E-state index contributed by atoms with van der Waals surface area (Å²) in [4.78, 5) is 37.2. The second-order valence-corrected chi connectivity index (χ2v) is 9.92. The van der Waals surface area contributed by atoms with Gasteiger partial charge in [0.2, 0.25) is 5.91 Å².